The number of carbonyl (C=O) groups is 1. The first kappa shape index (κ1) is 18.9. The number of nitrogens with zero attached hydrogens (tertiary/aromatic N) is 2. The number of pyridine rings is 2. The van der Waals surface area contributed by atoms with Gasteiger partial charge in [-0.2, -0.15) is 0 Å². The Morgan fingerprint density at radius 1 is 1.31 bits per heavy atom. The number of aromatic nitrogens is 2. The van der Waals surface area contributed by atoms with Gasteiger partial charge in [-0.3, -0.25) is 20.2 Å². The highest BCUT2D eigenvalue weighted by Crippen LogP contribution is 2.33. The van der Waals surface area contributed by atoms with Crippen molar-refractivity contribution in [2.75, 3.05) is 12.4 Å². The summed E-state index contributed by atoms with van der Waals surface area (Å²) in [5, 5.41) is 20.2. The zero-order chi connectivity index (χ0) is 20.7. The molecule has 0 bridgehead atoms. The molecule has 0 atom stereocenters. The molecule has 0 radical (unpaired) electrons. The Hall–Kier alpha value is -3.48. The summed E-state index contributed by atoms with van der Waals surface area (Å²) in [6.45, 7) is 3.96. The molecule has 1 aliphatic carbocycles. The molecule has 1 amide bonds. The first-order chi connectivity index (χ1) is 13.9. The van der Waals surface area contributed by atoms with Crippen molar-refractivity contribution in [1.29, 1.82) is 10.8 Å². The van der Waals surface area contributed by atoms with Gasteiger partial charge in [0, 0.05) is 29.1 Å². The molecule has 0 spiro atoms. The number of hydrogen-bond donors (Lipinski definition) is 3. The zero-order valence-corrected chi connectivity index (χ0v) is 16.7. The topological polar surface area (TPSA) is 104 Å². The van der Waals surface area contributed by atoms with Crippen LogP contribution >= 0.6 is 0 Å². The lowest BCUT2D eigenvalue weighted by Crippen LogP contribution is -2.23. The highest BCUT2D eigenvalue weighted by molar-refractivity contribution is 5.96. The Morgan fingerprint density at radius 3 is 2.72 bits per heavy atom. The average Bonchev–Trinajstić information content (AvgIpc) is 3.54. The van der Waals surface area contributed by atoms with Crippen LogP contribution in [0.3, 0.4) is 0 Å². The number of ether oxygens (including phenoxy) is 1. The second-order valence-corrected chi connectivity index (χ2v) is 7.38. The van der Waals surface area contributed by atoms with Gasteiger partial charge in [0.15, 0.2) is 0 Å². The van der Waals surface area contributed by atoms with Crippen molar-refractivity contribution in [3.05, 3.63) is 47.1 Å². The van der Waals surface area contributed by atoms with E-state index in [1.807, 2.05) is 32.0 Å². The van der Waals surface area contributed by atoms with E-state index < -0.39 is 0 Å². The average molecular weight is 389 g/mol. The van der Waals surface area contributed by atoms with Gasteiger partial charge >= 0.3 is 0 Å². The SMILES string of the molecule is COc1ccc(C)c(-c2cc3cnc(NC(=O)C4CC4)cc3n(C=N)c2=N)c1C. The van der Waals surface area contributed by atoms with Crippen molar-refractivity contribution in [3.63, 3.8) is 0 Å². The van der Waals surface area contributed by atoms with Gasteiger partial charge in [0.25, 0.3) is 0 Å². The molecule has 1 aromatic carbocycles. The minimum absolute atomic E-state index is 0.0244. The van der Waals surface area contributed by atoms with E-state index in [1.165, 1.54) is 4.57 Å². The molecule has 29 heavy (non-hydrogen) atoms. The van der Waals surface area contributed by atoms with Crippen LogP contribution in [0.15, 0.2) is 30.5 Å². The van der Waals surface area contributed by atoms with Gasteiger partial charge in [-0.15, -0.1) is 0 Å². The van der Waals surface area contributed by atoms with Gasteiger partial charge < -0.3 is 10.1 Å². The molecule has 0 aliphatic heterocycles. The predicted molar refractivity (Wildman–Crippen MR) is 113 cm³/mol. The predicted octanol–water partition coefficient (Wildman–Crippen LogP) is 3.61. The number of fused-ring (bicyclic) bond motifs is 1. The zero-order valence-electron chi connectivity index (χ0n) is 16.7. The Balaban J connectivity index is 1.90. The summed E-state index contributed by atoms with van der Waals surface area (Å²) >= 11 is 0. The fourth-order valence-corrected chi connectivity index (χ4v) is 3.68. The second-order valence-electron chi connectivity index (χ2n) is 7.38. The van der Waals surface area contributed by atoms with E-state index in [4.69, 9.17) is 15.6 Å². The standard InChI is InChI=1S/C22H23N5O2/c1-12-4-7-18(29-3)13(2)20(12)16-8-15-10-25-19(26-22(28)14-5-6-14)9-17(15)27(11-23)21(16)24/h4,7-11,14,23-24H,5-6H2,1-3H3,(H,25,26,28). The fraction of sp³-hybridized carbons (Fsp3) is 0.273. The molecule has 3 N–H and O–H groups in total. The van der Waals surface area contributed by atoms with Gasteiger partial charge in [-0.1, -0.05) is 6.07 Å². The van der Waals surface area contributed by atoms with E-state index in [2.05, 4.69) is 10.3 Å². The number of methoxy groups -OCH3 is 1. The van der Waals surface area contributed by atoms with Gasteiger partial charge in [-0.05, 0) is 55.5 Å². The van der Waals surface area contributed by atoms with Gasteiger partial charge in [0.2, 0.25) is 5.91 Å². The normalized spacial score (nSPS) is 13.3. The minimum Gasteiger partial charge on any atom is -0.496 e. The molecular weight excluding hydrogens is 366 g/mol. The third-order valence-electron chi connectivity index (χ3n) is 5.41. The maximum Gasteiger partial charge on any atom is 0.228 e. The summed E-state index contributed by atoms with van der Waals surface area (Å²) in [4.78, 5) is 16.4. The Bertz CT molecular complexity index is 1210. The second kappa shape index (κ2) is 7.16. The molecule has 2 heterocycles. The smallest absolute Gasteiger partial charge is 0.228 e. The van der Waals surface area contributed by atoms with Crippen LogP contribution in [-0.4, -0.2) is 28.9 Å². The highest BCUT2D eigenvalue weighted by atomic mass is 16.5. The third-order valence-corrected chi connectivity index (χ3v) is 5.41. The van der Waals surface area contributed by atoms with Crippen LogP contribution in [0.4, 0.5) is 5.82 Å². The van der Waals surface area contributed by atoms with Gasteiger partial charge in [0.1, 0.15) is 17.1 Å². The Kier molecular flexibility index (Phi) is 4.66. The van der Waals surface area contributed by atoms with Crippen LogP contribution in [0.5, 0.6) is 5.75 Å². The van der Waals surface area contributed by atoms with E-state index >= 15 is 0 Å². The quantitative estimate of drug-likeness (QED) is 0.459. The Labute approximate surface area is 168 Å². The number of nitrogens with one attached hydrogen (secondary N) is 3. The lowest BCUT2D eigenvalue weighted by molar-refractivity contribution is -0.117. The lowest BCUT2D eigenvalue weighted by Gasteiger charge is -2.17. The van der Waals surface area contributed by atoms with Crippen molar-refractivity contribution in [1.82, 2.24) is 9.55 Å². The Morgan fingerprint density at radius 2 is 2.07 bits per heavy atom. The van der Waals surface area contributed by atoms with Crippen LogP contribution in [0.25, 0.3) is 22.0 Å². The summed E-state index contributed by atoms with van der Waals surface area (Å²) < 4.78 is 6.96. The number of anilines is 1. The summed E-state index contributed by atoms with van der Waals surface area (Å²) in [5.74, 6) is 1.24. The third kappa shape index (κ3) is 3.29. The molecule has 1 fully saturated rings. The van der Waals surface area contributed by atoms with Crippen molar-refractivity contribution in [3.8, 4) is 16.9 Å². The van der Waals surface area contributed by atoms with Crippen LogP contribution < -0.4 is 15.5 Å². The molecule has 0 unspecified atom stereocenters. The maximum atomic E-state index is 12.1. The minimum atomic E-state index is -0.0244. The number of benzene rings is 1. The largest absolute Gasteiger partial charge is 0.496 e. The summed E-state index contributed by atoms with van der Waals surface area (Å²) in [6.07, 6.45) is 4.62. The van der Waals surface area contributed by atoms with Crippen molar-refractivity contribution >= 4 is 29.0 Å². The lowest BCUT2D eigenvalue weighted by atomic mass is 9.95. The molecule has 3 aromatic rings. The number of hydrogen-bond acceptors (Lipinski definition) is 5. The number of aryl methyl sites for hydroxylation is 1. The maximum absolute atomic E-state index is 12.1. The van der Waals surface area contributed by atoms with Crippen molar-refractivity contribution < 1.29 is 9.53 Å². The van der Waals surface area contributed by atoms with Crippen molar-refractivity contribution in [2.45, 2.75) is 26.7 Å². The van der Waals surface area contributed by atoms with Crippen LogP contribution in [-0.2, 0) is 4.79 Å². The molecule has 2 aromatic heterocycles. The van der Waals surface area contributed by atoms with Crippen LogP contribution in [0.2, 0.25) is 0 Å². The molecule has 4 rings (SSSR count). The van der Waals surface area contributed by atoms with E-state index in [0.29, 0.717) is 16.9 Å². The molecule has 0 saturated heterocycles. The fourth-order valence-electron chi connectivity index (χ4n) is 3.68. The number of rotatable bonds is 5. The van der Waals surface area contributed by atoms with Crippen LogP contribution in [0.1, 0.15) is 24.0 Å². The first-order valence-corrected chi connectivity index (χ1v) is 9.50. The summed E-state index contributed by atoms with van der Waals surface area (Å²) in [6, 6.07) is 7.51. The summed E-state index contributed by atoms with van der Waals surface area (Å²) in [7, 11) is 1.63. The van der Waals surface area contributed by atoms with E-state index in [-0.39, 0.29) is 17.3 Å². The molecule has 1 saturated carbocycles. The first-order valence-electron chi connectivity index (χ1n) is 9.50. The molecule has 148 valence electrons. The highest BCUT2D eigenvalue weighted by Gasteiger charge is 2.29. The number of amides is 1. The van der Waals surface area contributed by atoms with E-state index in [1.54, 1.807) is 19.4 Å². The molecular formula is C22H23N5O2. The van der Waals surface area contributed by atoms with Crippen molar-refractivity contribution in [2.24, 2.45) is 5.92 Å². The monoisotopic (exact) mass is 389 g/mol. The van der Waals surface area contributed by atoms with Gasteiger partial charge in [0.05, 0.1) is 19.0 Å². The number of carbonyl (C=O) groups excluding carboxylic acids is 1. The molecule has 7 nitrogen and oxygen atoms in total. The summed E-state index contributed by atoms with van der Waals surface area (Å²) in [5.41, 5.74) is 4.42. The van der Waals surface area contributed by atoms with Gasteiger partial charge in [-0.25, -0.2) is 4.98 Å². The molecule has 1 aliphatic rings. The van der Waals surface area contributed by atoms with Crippen LogP contribution in [0, 0.1) is 30.6 Å². The van der Waals surface area contributed by atoms with E-state index in [0.717, 1.165) is 47.0 Å². The molecule has 7 heteroatoms. The van der Waals surface area contributed by atoms with E-state index in [9.17, 15) is 4.79 Å².